The van der Waals surface area contributed by atoms with E-state index in [0.717, 1.165) is 5.54 Å². The van der Waals surface area contributed by atoms with Gasteiger partial charge in [0.1, 0.15) is 5.54 Å². The van der Waals surface area contributed by atoms with Crippen LogP contribution in [0.5, 0.6) is 0 Å². The van der Waals surface area contributed by atoms with Gasteiger partial charge < -0.3 is 5.73 Å². The summed E-state index contributed by atoms with van der Waals surface area (Å²) in [6.45, 7) is 0. The molecule has 14 heavy (non-hydrogen) atoms. The lowest BCUT2D eigenvalue weighted by molar-refractivity contribution is -2.00. The lowest BCUT2D eigenvalue weighted by Crippen LogP contribution is -3.18. The fraction of sp³-hybridized carbons (Fsp3) is 1.00. The topological polar surface area (TPSA) is 120 Å². The van der Waals surface area contributed by atoms with Crippen molar-refractivity contribution in [3.05, 3.63) is 0 Å². The lowest BCUT2D eigenvalue weighted by Gasteiger charge is -3.04. The molecule has 0 unspecified atom stereocenters. The van der Waals surface area contributed by atoms with Crippen molar-refractivity contribution in [2.45, 2.75) is 5.54 Å². The molecule has 78 valence electrons. The Balaban J connectivity index is 0.000000104. The maximum atomic E-state index is 8.49. The summed E-state index contributed by atoms with van der Waals surface area (Å²) in [6, 6.07) is 0. The molecule has 0 bridgehead atoms. The molecule has 6 aliphatic carbocycles. The molecule has 0 amide bonds. The molecule has 0 atom stereocenters. The van der Waals surface area contributed by atoms with Crippen LogP contribution in [-0.4, -0.2) is 5.54 Å². The molecule has 6 saturated carbocycles. The van der Waals surface area contributed by atoms with Crippen molar-refractivity contribution in [1.29, 1.82) is 0 Å². The molecule has 0 aromatic rings. The summed E-state index contributed by atoms with van der Waals surface area (Å²) in [7, 11) is -4.94. The van der Waals surface area contributed by atoms with Gasteiger partial charge in [0.05, 0.1) is 0 Å². The van der Waals surface area contributed by atoms with Gasteiger partial charge in [0.2, 0.25) is 0 Å². The Hall–Kier alpha value is 0.0900. The summed E-state index contributed by atoms with van der Waals surface area (Å²) in [6.07, 6.45) is 0. The Morgan fingerprint density at radius 3 is 1.21 bits per heavy atom. The third kappa shape index (κ3) is 0.508. The molecule has 6 rings (SSSR count). The predicted molar refractivity (Wildman–Crippen MR) is 30.0 cm³/mol. The van der Waals surface area contributed by atoms with Crippen LogP contribution in [0.1, 0.15) is 0 Å². The van der Waals surface area contributed by atoms with Crippen molar-refractivity contribution in [2.24, 2.45) is 41.4 Å². The number of rotatable bonds is 0. The summed E-state index contributed by atoms with van der Waals surface area (Å²) >= 11 is 0. The minimum atomic E-state index is -4.94. The zero-order valence-corrected chi connectivity index (χ0v) is 8.02. The Bertz CT molecular complexity index is 284. The minimum absolute atomic E-state index is 0.717. The van der Waals surface area contributed by atoms with Gasteiger partial charge in [-0.05, 0) is 23.7 Å². The van der Waals surface area contributed by atoms with Gasteiger partial charge in [0.15, 0.2) is 0 Å². The quantitative estimate of drug-likeness (QED) is 0.437. The van der Waals surface area contributed by atoms with Crippen molar-refractivity contribution in [3.8, 4) is 0 Å². The van der Waals surface area contributed by atoms with E-state index in [4.69, 9.17) is 18.6 Å². The first-order valence-electron chi connectivity index (χ1n) is 4.84. The highest BCUT2D eigenvalue weighted by molar-refractivity contribution is 5.51. The predicted octanol–water partition coefficient (Wildman–Crippen LogP) is -5.41. The van der Waals surface area contributed by atoms with Crippen molar-refractivity contribution in [1.82, 2.24) is 0 Å². The highest BCUT2D eigenvalue weighted by atomic mass is 35.7. The monoisotopic (exact) mass is 219 g/mol. The van der Waals surface area contributed by atoms with E-state index in [1.165, 1.54) is 41.4 Å². The van der Waals surface area contributed by atoms with E-state index in [-0.39, 0.29) is 0 Å². The third-order valence-corrected chi connectivity index (χ3v) is 5.68. The highest BCUT2D eigenvalue weighted by Crippen LogP contribution is 3.00. The zero-order valence-electron chi connectivity index (χ0n) is 7.26. The minimum Gasteiger partial charge on any atom is -0.352 e. The Morgan fingerprint density at radius 1 is 0.786 bits per heavy atom. The van der Waals surface area contributed by atoms with Crippen molar-refractivity contribution >= 4 is 0 Å². The molecule has 0 spiro atoms. The van der Waals surface area contributed by atoms with Gasteiger partial charge in [-0.25, -0.2) is 18.6 Å². The second-order valence-corrected chi connectivity index (χ2v) is 6.13. The van der Waals surface area contributed by atoms with E-state index >= 15 is 0 Å². The van der Waals surface area contributed by atoms with Gasteiger partial charge >= 0.3 is 0 Å². The summed E-state index contributed by atoms with van der Waals surface area (Å²) in [5, 5.41) is 0. The van der Waals surface area contributed by atoms with Gasteiger partial charge in [0.25, 0.3) is 0 Å². The van der Waals surface area contributed by atoms with Crippen LogP contribution in [0.15, 0.2) is 0 Å². The van der Waals surface area contributed by atoms with Gasteiger partial charge in [-0.2, -0.15) is 0 Å². The number of halogens is 1. The van der Waals surface area contributed by atoms with Crippen molar-refractivity contribution in [3.63, 3.8) is 0 Å². The standard InChI is InChI=1S/C8H9N.ClHO4/c9-8-5-2-1-3(5)7(8)4(1)6(2)8;2-1(3,4)5/h1-7H,9H2;(H,2,3,4,5). The number of hydrogen-bond acceptors (Lipinski definition) is 4. The maximum Gasteiger partial charge on any atom is 0.105 e. The van der Waals surface area contributed by atoms with Crippen LogP contribution in [0.25, 0.3) is 0 Å². The smallest absolute Gasteiger partial charge is 0.105 e. The molecule has 5 nitrogen and oxygen atoms in total. The number of quaternary nitrogens is 1. The van der Waals surface area contributed by atoms with Crippen LogP contribution >= 0.6 is 0 Å². The molecule has 3 N–H and O–H groups in total. The van der Waals surface area contributed by atoms with Crippen LogP contribution in [-0.2, 0) is 0 Å². The van der Waals surface area contributed by atoms with E-state index in [9.17, 15) is 0 Å². The SMILES string of the molecule is [NH3+]C12C3C4C5C3C1C5C42.[O-][Cl+3]([O-])([O-])[O-]. The molecule has 0 saturated heterocycles. The Kier molecular flexibility index (Phi) is 1.03. The molecule has 0 radical (unpaired) electrons. The first kappa shape index (κ1) is 8.27. The van der Waals surface area contributed by atoms with Gasteiger partial charge in [-0.3, -0.25) is 0 Å². The fourth-order valence-electron chi connectivity index (χ4n) is 5.67. The second-order valence-electron chi connectivity index (χ2n) is 5.38. The van der Waals surface area contributed by atoms with E-state index in [0.29, 0.717) is 0 Å². The maximum absolute atomic E-state index is 8.49. The summed E-state index contributed by atoms with van der Waals surface area (Å²) in [5.41, 5.74) is 5.09. The molecule has 0 heterocycles. The average Bonchev–Trinajstić information content (AvgIpc) is 2.01. The van der Waals surface area contributed by atoms with Crippen molar-refractivity contribution < 1.29 is 34.6 Å². The highest BCUT2D eigenvalue weighted by Gasteiger charge is 3.06. The zero-order chi connectivity index (χ0) is 10.0. The molecular formula is C8H10ClNO4. The van der Waals surface area contributed by atoms with E-state index in [1.54, 1.807) is 0 Å². The van der Waals surface area contributed by atoms with E-state index in [2.05, 4.69) is 5.73 Å². The van der Waals surface area contributed by atoms with Gasteiger partial charge in [-0.15, -0.1) is 10.2 Å². The van der Waals surface area contributed by atoms with E-state index in [1.807, 2.05) is 0 Å². The van der Waals surface area contributed by atoms with Crippen LogP contribution < -0.4 is 24.4 Å². The second kappa shape index (κ2) is 1.75. The molecule has 6 heteroatoms. The largest absolute Gasteiger partial charge is 0.352 e. The molecule has 6 aliphatic rings. The molecule has 6 fully saturated rings. The summed E-state index contributed by atoms with van der Waals surface area (Å²) in [5.74, 6) is 8.49. The lowest BCUT2D eigenvalue weighted by atomic mass is 8.99. The Labute approximate surface area is 82.2 Å². The average molecular weight is 220 g/mol. The molecule has 0 aromatic heterocycles. The van der Waals surface area contributed by atoms with Crippen LogP contribution in [0, 0.1) is 51.7 Å². The van der Waals surface area contributed by atoms with Crippen LogP contribution in [0.4, 0.5) is 0 Å². The summed E-state index contributed by atoms with van der Waals surface area (Å²) < 4.78 is 34.0. The number of hydrogen-bond donors (Lipinski definition) is 1. The van der Waals surface area contributed by atoms with Crippen LogP contribution in [0.3, 0.4) is 0 Å². The Morgan fingerprint density at radius 2 is 1.07 bits per heavy atom. The van der Waals surface area contributed by atoms with Crippen molar-refractivity contribution in [2.75, 3.05) is 0 Å². The van der Waals surface area contributed by atoms with E-state index < -0.39 is 10.2 Å². The molecule has 0 aromatic carbocycles. The normalized spacial score (nSPS) is 72.2. The summed E-state index contributed by atoms with van der Waals surface area (Å²) in [4.78, 5) is 0. The van der Waals surface area contributed by atoms with Crippen LogP contribution in [0.2, 0.25) is 0 Å². The first-order chi connectivity index (χ1) is 6.37. The first-order valence-corrected chi connectivity index (χ1v) is 6.07. The molecule has 0 aliphatic heterocycles. The third-order valence-electron chi connectivity index (χ3n) is 5.68. The van der Waals surface area contributed by atoms with Gasteiger partial charge in [-0.1, -0.05) is 0 Å². The van der Waals surface area contributed by atoms with Gasteiger partial charge in [0, 0.05) is 17.8 Å². The fourth-order valence-corrected chi connectivity index (χ4v) is 5.67. The molecular weight excluding hydrogens is 210 g/mol.